The summed E-state index contributed by atoms with van der Waals surface area (Å²) >= 11 is 0. The van der Waals surface area contributed by atoms with Gasteiger partial charge in [-0.15, -0.1) is 0 Å². The van der Waals surface area contributed by atoms with Crippen LogP contribution >= 0.6 is 0 Å². The summed E-state index contributed by atoms with van der Waals surface area (Å²) in [5.41, 5.74) is 4.92. The summed E-state index contributed by atoms with van der Waals surface area (Å²) in [7, 11) is 0. The molecule has 106 valence electrons. The number of rotatable bonds is 3. The van der Waals surface area contributed by atoms with Crippen molar-refractivity contribution >= 4 is 16.9 Å². The van der Waals surface area contributed by atoms with Gasteiger partial charge in [-0.2, -0.15) is 0 Å². The van der Waals surface area contributed by atoms with Crippen LogP contribution in [0.25, 0.3) is 10.9 Å². The Labute approximate surface area is 123 Å². The van der Waals surface area contributed by atoms with Crippen molar-refractivity contribution in [3.8, 4) is 0 Å². The number of fused-ring (bicyclic) bond motifs is 1. The maximum absolute atomic E-state index is 11.0. The van der Waals surface area contributed by atoms with E-state index in [9.17, 15) is 4.79 Å². The fourth-order valence-electron chi connectivity index (χ4n) is 2.62. The first kappa shape index (κ1) is 13.4. The van der Waals surface area contributed by atoms with Crippen molar-refractivity contribution in [1.29, 1.82) is 0 Å². The number of carbonyl (C=O) groups is 1. The standard InChI is InChI=1S/C18H17NO2/c1-12-3-4-14-7-8-19(17(14)9-12)11-16-6-5-15(18(20)21)10-13(16)2/h3-10H,11H2,1-2H3,(H,20,21). The number of hydrogen-bond acceptors (Lipinski definition) is 1. The smallest absolute Gasteiger partial charge is 0.335 e. The lowest BCUT2D eigenvalue weighted by atomic mass is 10.0. The Morgan fingerprint density at radius 1 is 1.10 bits per heavy atom. The predicted molar refractivity (Wildman–Crippen MR) is 83.9 cm³/mol. The molecule has 2 aromatic carbocycles. The van der Waals surface area contributed by atoms with Gasteiger partial charge in [0.05, 0.1) is 5.56 Å². The third-order valence-corrected chi connectivity index (χ3v) is 3.86. The molecule has 0 atom stereocenters. The summed E-state index contributed by atoms with van der Waals surface area (Å²) in [5.74, 6) is -0.883. The Bertz CT molecular complexity index is 830. The predicted octanol–water partition coefficient (Wildman–Crippen LogP) is 4.00. The zero-order valence-electron chi connectivity index (χ0n) is 12.1. The number of nitrogens with zero attached hydrogens (tertiary/aromatic N) is 1. The number of hydrogen-bond donors (Lipinski definition) is 1. The minimum absolute atomic E-state index is 0.337. The molecule has 0 aliphatic rings. The highest BCUT2D eigenvalue weighted by atomic mass is 16.4. The third-order valence-electron chi connectivity index (χ3n) is 3.86. The molecule has 0 fully saturated rings. The van der Waals surface area contributed by atoms with Crippen molar-refractivity contribution in [3.05, 3.63) is 70.9 Å². The molecule has 0 aliphatic heterocycles. The van der Waals surface area contributed by atoms with Gasteiger partial charge >= 0.3 is 5.97 Å². The van der Waals surface area contributed by atoms with Crippen LogP contribution in [0.4, 0.5) is 0 Å². The lowest BCUT2D eigenvalue weighted by Gasteiger charge is -2.10. The number of aromatic nitrogens is 1. The van der Waals surface area contributed by atoms with E-state index in [4.69, 9.17) is 5.11 Å². The molecule has 0 saturated heterocycles. The molecule has 3 aromatic rings. The first-order valence-electron chi connectivity index (χ1n) is 6.93. The van der Waals surface area contributed by atoms with Gasteiger partial charge in [0.2, 0.25) is 0 Å². The first-order valence-corrected chi connectivity index (χ1v) is 6.93. The SMILES string of the molecule is Cc1ccc2ccn(Cc3ccc(C(=O)O)cc3C)c2c1. The minimum Gasteiger partial charge on any atom is -0.478 e. The van der Waals surface area contributed by atoms with E-state index in [-0.39, 0.29) is 0 Å². The summed E-state index contributed by atoms with van der Waals surface area (Å²) < 4.78 is 2.20. The van der Waals surface area contributed by atoms with Crippen LogP contribution in [-0.2, 0) is 6.54 Å². The molecular formula is C18H17NO2. The largest absolute Gasteiger partial charge is 0.478 e. The van der Waals surface area contributed by atoms with Crippen LogP contribution in [0.5, 0.6) is 0 Å². The highest BCUT2D eigenvalue weighted by Crippen LogP contribution is 2.20. The van der Waals surface area contributed by atoms with Crippen LogP contribution in [0.15, 0.2) is 48.7 Å². The number of benzene rings is 2. The summed E-state index contributed by atoms with van der Waals surface area (Å²) in [5, 5.41) is 10.2. The quantitative estimate of drug-likeness (QED) is 0.787. The van der Waals surface area contributed by atoms with Gasteiger partial charge in [0.1, 0.15) is 0 Å². The molecule has 1 N–H and O–H groups in total. The van der Waals surface area contributed by atoms with Gasteiger partial charge in [0.25, 0.3) is 0 Å². The van der Waals surface area contributed by atoms with Crippen LogP contribution in [0, 0.1) is 13.8 Å². The molecule has 0 amide bonds. The Balaban J connectivity index is 1.99. The zero-order valence-corrected chi connectivity index (χ0v) is 12.1. The molecule has 3 rings (SSSR count). The summed E-state index contributed by atoms with van der Waals surface area (Å²) in [6.45, 7) is 4.79. The van der Waals surface area contributed by atoms with Crippen molar-refractivity contribution in [3.63, 3.8) is 0 Å². The van der Waals surface area contributed by atoms with E-state index in [1.807, 2.05) is 13.0 Å². The normalized spacial score (nSPS) is 11.0. The lowest BCUT2D eigenvalue weighted by Crippen LogP contribution is -2.03. The van der Waals surface area contributed by atoms with E-state index in [2.05, 4.69) is 42.0 Å². The van der Waals surface area contributed by atoms with E-state index in [0.717, 1.165) is 17.7 Å². The number of carboxylic acids is 1. The first-order chi connectivity index (χ1) is 10.0. The molecule has 1 aromatic heterocycles. The average molecular weight is 279 g/mol. The van der Waals surface area contributed by atoms with Gasteiger partial charge in [-0.1, -0.05) is 18.2 Å². The summed E-state index contributed by atoms with van der Waals surface area (Å²) in [6, 6.07) is 13.8. The number of aromatic carboxylic acids is 1. The molecule has 0 bridgehead atoms. The van der Waals surface area contributed by atoms with Crippen molar-refractivity contribution in [2.45, 2.75) is 20.4 Å². The van der Waals surface area contributed by atoms with Crippen molar-refractivity contribution in [2.24, 2.45) is 0 Å². The van der Waals surface area contributed by atoms with Crippen molar-refractivity contribution < 1.29 is 9.90 Å². The monoisotopic (exact) mass is 279 g/mol. The summed E-state index contributed by atoms with van der Waals surface area (Å²) in [6.07, 6.45) is 2.08. The minimum atomic E-state index is -0.883. The van der Waals surface area contributed by atoms with Crippen LogP contribution in [0.2, 0.25) is 0 Å². The van der Waals surface area contributed by atoms with Gasteiger partial charge in [-0.25, -0.2) is 4.79 Å². The molecule has 1 heterocycles. The van der Waals surface area contributed by atoms with Gasteiger partial charge in [0, 0.05) is 18.3 Å². The Morgan fingerprint density at radius 3 is 2.62 bits per heavy atom. The second-order valence-corrected chi connectivity index (χ2v) is 5.45. The van der Waals surface area contributed by atoms with Crippen LogP contribution < -0.4 is 0 Å². The second-order valence-electron chi connectivity index (χ2n) is 5.45. The van der Waals surface area contributed by atoms with Gasteiger partial charge in [-0.05, 0) is 60.2 Å². The fraction of sp³-hybridized carbons (Fsp3) is 0.167. The second kappa shape index (κ2) is 5.09. The highest BCUT2D eigenvalue weighted by molar-refractivity contribution is 5.88. The molecule has 0 radical (unpaired) electrons. The number of aryl methyl sites for hydroxylation is 2. The van der Waals surface area contributed by atoms with E-state index in [1.165, 1.54) is 16.5 Å². The molecule has 3 nitrogen and oxygen atoms in total. The van der Waals surface area contributed by atoms with Gasteiger partial charge < -0.3 is 9.67 Å². The fourth-order valence-corrected chi connectivity index (χ4v) is 2.62. The van der Waals surface area contributed by atoms with E-state index >= 15 is 0 Å². The zero-order chi connectivity index (χ0) is 15.0. The van der Waals surface area contributed by atoms with Crippen molar-refractivity contribution in [2.75, 3.05) is 0 Å². The number of carboxylic acid groups (broad SMARTS) is 1. The van der Waals surface area contributed by atoms with Crippen LogP contribution in [-0.4, -0.2) is 15.6 Å². The molecule has 0 saturated carbocycles. The lowest BCUT2D eigenvalue weighted by molar-refractivity contribution is 0.0697. The molecular weight excluding hydrogens is 262 g/mol. The van der Waals surface area contributed by atoms with E-state index < -0.39 is 5.97 Å². The van der Waals surface area contributed by atoms with E-state index in [0.29, 0.717) is 5.56 Å². The van der Waals surface area contributed by atoms with Crippen molar-refractivity contribution in [1.82, 2.24) is 4.57 Å². The van der Waals surface area contributed by atoms with Crippen LogP contribution in [0.3, 0.4) is 0 Å². The average Bonchev–Trinajstić information content (AvgIpc) is 2.83. The molecule has 0 unspecified atom stereocenters. The molecule has 3 heteroatoms. The van der Waals surface area contributed by atoms with Gasteiger partial charge in [0.15, 0.2) is 0 Å². The highest BCUT2D eigenvalue weighted by Gasteiger charge is 2.07. The topological polar surface area (TPSA) is 42.2 Å². The Morgan fingerprint density at radius 2 is 1.90 bits per heavy atom. The summed E-state index contributed by atoms with van der Waals surface area (Å²) in [4.78, 5) is 11.0. The molecule has 0 spiro atoms. The molecule has 0 aliphatic carbocycles. The maximum atomic E-state index is 11.0. The van der Waals surface area contributed by atoms with E-state index in [1.54, 1.807) is 12.1 Å². The Hall–Kier alpha value is -2.55. The Kier molecular flexibility index (Phi) is 3.26. The third kappa shape index (κ3) is 2.55. The van der Waals surface area contributed by atoms with Crippen LogP contribution in [0.1, 0.15) is 27.0 Å². The maximum Gasteiger partial charge on any atom is 0.335 e. The van der Waals surface area contributed by atoms with Gasteiger partial charge in [-0.3, -0.25) is 0 Å². The molecule has 21 heavy (non-hydrogen) atoms.